The summed E-state index contributed by atoms with van der Waals surface area (Å²) in [7, 11) is 5.41. The van der Waals surface area contributed by atoms with Gasteiger partial charge in [-0.3, -0.25) is 4.79 Å². The molecule has 0 radical (unpaired) electrons. The summed E-state index contributed by atoms with van der Waals surface area (Å²) < 4.78 is 10.5. The van der Waals surface area contributed by atoms with Gasteiger partial charge in [0.15, 0.2) is 0 Å². The maximum atomic E-state index is 13.2. The fourth-order valence-electron chi connectivity index (χ4n) is 4.49. The first-order valence-corrected chi connectivity index (χ1v) is 11.5. The number of fused-ring (bicyclic) bond motifs is 2. The molecular formula is C28H27N3O4. The lowest BCUT2D eigenvalue weighted by molar-refractivity contribution is -0.110. The van der Waals surface area contributed by atoms with Crippen molar-refractivity contribution in [1.29, 1.82) is 0 Å². The molecule has 0 aromatic heterocycles. The highest BCUT2D eigenvalue weighted by Crippen LogP contribution is 2.39. The van der Waals surface area contributed by atoms with Gasteiger partial charge in [-0.1, -0.05) is 18.2 Å². The Hall–Kier alpha value is -4.10. The Kier molecular flexibility index (Phi) is 6.01. The van der Waals surface area contributed by atoms with Crippen LogP contribution in [0.3, 0.4) is 0 Å². The van der Waals surface area contributed by atoms with E-state index in [1.165, 1.54) is 12.7 Å². The molecule has 0 bridgehead atoms. The second-order valence-corrected chi connectivity index (χ2v) is 8.94. The standard InChI is InChI=1S/C28H27N3O4/c1-31(2)16-17-4-8-21(9-5-17)29-26(19-7-11-24-18(14-19)12-13-35-24)25-22-10-6-20(28(33)34-3)15-23(22)30-27(25)32/h4-11,14-15,29H,12-13,16H2,1-3H3,(H,30,32). The predicted octanol–water partition coefficient (Wildman–Crippen LogP) is 4.40. The van der Waals surface area contributed by atoms with Gasteiger partial charge in [-0.2, -0.15) is 0 Å². The van der Waals surface area contributed by atoms with Crippen molar-refractivity contribution >= 4 is 34.5 Å². The topological polar surface area (TPSA) is 79.9 Å². The van der Waals surface area contributed by atoms with Gasteiger partial charge in [0.1, 0.15) is 5.75 Å². The fraction of sp³-hybridized carbons (Fsp3) is 0.214. The van der Waals surface area contributed by atoms with E-state index >= 15 is 0 Å². The number of carbonyl (C=O) groups is 2. The Bertz CT molecular complexity index is 1340. The van der Waals surface area contributed by atoms with Gasteiger partial charge < -0.3 is 25.0 Å². The first-order valence-electron chi connectivity index (χ1n) is 11.5. The molecule has 0 atom stereocenters. The average molecular weight is 470 g/mol. The third kappa shape index (κ3) is 4.50. The molecule has 0 fully saturated rings. The molecular weight excluding hydrogens is 442 g/mol. The molecule has 1 amide bonds. The third-order valence-electron chi connectivity index (χ3n) is 6.14. The Morgan fingerprint density at radius 2 is 1.83 bits per heavy atom. The van der Waals surface area contributed by atoms with Crippen molar-refractivity contribution in [3.05, 3.63) is 88.5 Å². The molecule has 7 heteroatoms. The van der Waals surface area contributed by atoms with Crippen molar-refractivity contribution in [2.45, 2.75) is 13.0 Å². The molecule has 2 aliphatic heterocycles. The average Bonchev–Trinajstić information content (AvgIpc) is 3.45. The lowest BCUT2D eigenvalue weighted by Crippen LogP contribution is -2.11. The highest BCUT2D eigenvalue weighted by atomic mass is 16.5. The van der Waals surface area contributed by atoms with E-state index in [0.717, 1.165) is 41.1 Å². The number of esters is 1. The number of nitrogens with zero attached hydrogens (tertiary/aromatic N) is 1. The molecule has 3 aromatic rings. The second kappa shape index (κ2) is 9.27. The van der Waals surface area contributed by atoms with Crippen LogP contribution in [0, 0.1) is 0 Å². The van der Waals surface area contributed by atoms with Crippen molar-refractivity contribution in [3.63, 3.8) is 0 Å². The summed E-state index contributed by atoms with van der Waals surface area (Å²) in [6, 6.07) is 19.3. The van der Waals surface area contributed by atoms with Crippen molar-refractivity contribution in [3.8, 4) is 5.75 Å². The largest absolute Gasteiger partial charge is 0.493 e. The maximum absolute atomic E-state index is 13.2. The van der Waals surface area contributed by atoms with Crippen molar-refractivity contribution in [2.24, 2.45) is 0 Å². The number of anilines is 2. The number of methoxy groups -OCH3 is 1. The lowest BCUT2D eigenvalue weighted by Gasteiger charge is -2.16. The molecule has 0 aliphatic carbocycles. The molecule has 2 heterocycles. The summed E-state index contributed by atoms with van der Waals surface area (Å²) in [5.41, 5.74) is 6.99. The van der Waals surface area contributed by atoms with Crippen LogP contribution in [0.15, 0.2) is 60.7 Å². The van der Waals surface area contributed by atoms with Gasteiger partial charge in [-0.05, 0) is 73.3 Å². The molecule has 0 spiro atoms. The van der Waals surface area contributed by atoms with Crippen LogP contribution in [0.4, 0.5) is 11.4 Å². The van der Waals surface area contributed by atoms with Crippen molar-refractivity contribution in [2.75, 3.05) is 38.4 Å². The number of hydrogen-bond donors (Lipinski definition) is 2. The molecule has 7 nitrogen and oxygen atoms in total. The Morgan fingerprint density at radius 3 is 2.57 bits per heavy atom. The zero-order valence-electron chi connectivity index (χ0n) is 20.0. The summed E-state index contributed by atoms with van der Waals surface area (Å²) >= 11 is 0. The molecule has 3 aromatic carbocycles. The number of nitrogens with one attached hydrogen (secondary N) is 2. The van der Waals surface area contributed by atoms with Gasteiger partial charge in [-0.15, -0.1) is 0 Å². The van der Waals surface area contributed by atoms with E-state index in [1.807, 2.05) is 38.4 Å². The molecule has 0 saturated carbocycles. The van der Waals surface area contributed by atoms with Crippen LogP contribution in [-0.2, 0) is 22.5 Å². The van der Waals surface area contributed by atoms with Gasteiger partial charge >= 0.3 is 5.97 Å². The van der Waals surface area contributed by atoms with Gasteiger partial charge in [0.25, 0.3) is 5.91 Å². The van der Waals surface area contributed by atoms with Crippen LogP contribution >= 0.6 is 0 Å². The van der Waals surface area contributed by atoms with Crippen LogP contribution in [0.1, 0.15) is 32.6 Å². The van der Waals surface area contributed by atoms with E-state index < -0.39 is 5.97 Å². The van der Waals surface area contributed by atoms with Crippen LogP contribution in [-0.4, -0.2) is 44.6 Å². The molecule has 0 saturated heterocycles. The summed E-state index contributed by atoms with van der Waals surface area (Å²) in [5, 5.41) is 6.41. The number of rotatable bonds is 6. The molecule has 5 rings (SSSR count). The quantitative estimate of drug-likeness (QED) is 0.412. The van der Waals surface area contributed by atoms with E-state index in [-0.39, 0.29) is 5.91 Å². The maximum Gasteiger partial charge on any atom is 0.337 e. The first kappa shape index (κ1) is 22.7. The number of hydrogen-bond acceptors (Lipinski definition) is 6. The number of carbonyl (C=O) groups excluding carboxylic acids is 2. The van der Waals surface area contributed by atoms with Crippen LogP contribution < -0.4 is 15.4 Å². The van der Waals surface area contributed by atoms with E-state index in [9.17, 15) is 9.59 Å². The minimum absolute atomic E-state index is 0.231. The Labute approximate surface area is 204 Å². The first-order chi connectivity index (χ1) is 16.9. The number of amides is 1. The smallest absolute Gasteiger partial charge is 0.337 e. The van der Waals surface area contributed by atoms with Gasteiger partial charge in [0.05, 0.1) is 36.2 Å². The monoisotopic (exact) mass is 469 g/mol. The zero-order chi connectivity index (χ0) is 24.5. The van der Waals surface area contributed by atoms with E-state index in [0.29, 0.717) is 29.1 Å². The second-order valence-electron chi connectivity index (χ2n) is 8.94. The fourth-order valence-corrected chi connectivity index (χ4v) is 4.49. The molecule has 35 heavy (non-hydrogen) atoms. The zero-order valence-corrected chi connectivity index (χ0v) is 20.0. The van der Waals surface area contributed by atoms with E-state index in [4.69, 9.17) is 9.47 Å². The number of ether oxygens (including phenoxy) is 2. The van der Waals surface area contributed by atoms with E-state index in [1.54, 1.807) is 18.2 Å². The molecule has 2 aliphatic rings. The lowest BCUT2D eigenvalue weighted by atomic mass is 9.97. The highest BCUT2D eigenvalue weighted by molar-refractivity contribution is 6.37. The normalized spacial score (nSPS) is 15.3. The third-order valence-corrected chi connectivity index (χ3v) is 6.14. The number of benzene rings is 3. The Balaban J connectivity index is 1.60. The summed E-state index contributed by atoms with van der Waals surface area (Å²) in [4.78, 5) is 27.4. The molecule has 0 unspecified atom stereocenters. The van der Waals surface area contributed by atoms with Gasteiger partial charge in [0.2, 0.25) is 0 Å². The van der Waals surface area contributed by atoms with Crippen molar-refractivity contribution < 1.29 is 19.1 Å². The summed E-state index contributed by atoms with van der Waals surface area (Å²) in [6.07, 6.45) is 0.830. The Morgan fingerprint density at radius 1 is 1.06 bits per heavy atom. The van der Waals surface area contributed by atoms with Crippen molar-refractivity contribution in [1.82, 2.24) is 4.90 Å². The minimum atomic E-state index is -0.450. The minimum Gasteiger partial charge on any atom is -0.493 e. The highest BCUT2D eigenvalue weighted by Gasteiger charge is 2.30. The SMILES string of the molecule is COC(=O)c1ccc2c(c1)NC(=O)C2=C(Nc1ccc(CN(C)C)cc1)c1ccc2c(c1)CCO2. The van der Waals surface area contributed by atoms with Crippen LogP contribution in [0.25, 0.3) is 11.3 Å². The summed E-state index contributed by atoms with van der Waals surface area (Å²) in [5.74, 6) is 0.199. The van der Waals surface area contributed by atoms with Crippen LogP contribution in [0.5, 0.6) is 5.75 Å². The summed E-state index contributed by atoms with van der Waals surface area (Å²) in [6.45, 7) is 1.50. The van der Waals surface area contributed by atoms with Gasteiger partial charge in [0, 0.05) is 24.2 Å². The van der Waals surface area contributed by atoms with E-state index in [2.05, 4.69) is 33.7 Å². The molecule has 178 valence electrons. The van der Waals surface area contributed by atoms with Crippen LogP contribution in [0.2, 0.25) is 0 Å². The molecule has 2 N–H and O–H groups in total. The van der Waals surface area contributed by atoms with Gasteiger partial charge in [-0.25, -0.2) is 4.79 Å². The predicted molar refractivity (Wildman–Crippen MR) is 136 cm³/mol.